The van der Waals surface area contributed by atoms with Gasteiger partial charge in [-0.05, 0) is 61.6 Å². The van der Waals surface area contributed by atoms with Crippen LogP contribution in [-0.2, 0) is 0 Å². The molecule has 3 nitrogen and oxygen atoms in total. The standard InChI is InChI=1S/C48H29N3/c1-3-15-30(16-4-1)32-27-28-37-40(29-32)47-45(44-36-22-10-8-20-34(36)33-19-7-9-21-35(33)43(37)44)39-24-12-14-26-42(39)51(47)48-49-41-25-13-11-23-38(41)46(50-48)31-17-5-2-6-18-31/h1-29H. The molecule has 0 N–H and O–H groups in total. The lowest BCUT2D eigenvalue weighted by Gasteiger charge is -2.17. The molecule has 0 fully saturated rings. The molecule has 0 aliphatic carbocycles. The van der Waals surface area contributed by atoms with E-state index in [2.05, 4.69) is 180 Å². The van der Waals surface area contributed by atoms with Crippen molar-refractivity contribution in [3.8, 4) is 28.3 Å². The van der Waals surface area contributed by atoms with E-state index in [1.54, 1.807) is 0 Å². The Labute approximate surface area is 293 Å². The molecular formula is C48H29N3. The van der Waals surface area contributed by atoms with Crippen LogP contribution in [0.25, 0.3) is 104 Å². The topological polar surface area (TPSA) is 30.7 Å². The fourth-order valence-corrected chi connectivity index (χ4v) is 8.39. The highest BCUT2D eigenvalue weighted by molar-refractivity contribution is 6.42. The molecule has 0 saturated carbocycles. The Kier molecular flexibility index (Phi) is 5.96. The summed E-state index contributed by atoms with van der Waals surface area (Å²) in [6.45, 7) is 0. The SMILES string of the molecule is c1ccc(-c2ccc3c(c2)c2c(c4ccccc4n2-c2nc(-c4ccccc4)c4ccccc4n2)c2c4ccccc4c4ccccc4c32)cc1. The lowest BCUT2D eigenvalue weighted by atomic mass is 9.87. The maximum atomic E-state index is 5.45. The Morgan fingerprint density at radius 3 is 1.61 bits per heavy atom. The maximum Gasteiger partial charge on any atom is 0.235 e. The molecule has 9 aromatic carbocycles. The fourth-order valence-electron chi connectivity index (χ4n) is 8.39. The molecule has 11 aromatic rings. The summed E-state index contributed by atoms with van der Waals surface area (Å²) in [6, 6.07) is 63.0. The number of aromatic nitrogens is 3. The average Bonchev–Trinajstić information content (AvgIpc) is 3.56. The predicted molar refractivity (Wildman–Crippen MR) is 215 cm³/mol. The van der Waals surface area contributed by atoms with Crippen LogP contribution >= 0.6 is 0 Å². The molecule has 2 heterocycles. The zero-order valence-corrected chi connectivity index (χ0v) is 27.6. The summed E-state index contributed by atoms with van der Waals surface area (Å²) < 4.78 is 2.32. The number of fused-ring (bicyclic) bond motifs is 14. The van der Waals surface area contributed by atoms with E-state index in [1.165, 1.54) is 65.0 Å². The quantitative estimate of drug-likeness (QED) is 0.179. The van der Waals surface area contributed by atoms with Crippen LogP contribution in [0.5, 0.6) is 0 Å². The number of nitrogens with zero attached hydrogens (tertiary/aromatic N) is 3. The van der Waals surface area contributed by atoms with Crippen molar-refractivity contribution in [1.29, 1.82) is 0 Å². The zero-order valence-electron chi connectivity index (χ0n) is 27.6. The molecule has 0 saturated heterocycles. The molecule has 0 amide bonds. The van der Waals surface area contributed by atoms with Gasteiger partial charge in [-0.2, -0.15) is 0 Å². The van der Waals surface area contributed by atoms with Crippen LogP contribution in [0.1, 0.15) is 0 Å². The Balaban J connectivity index is 1.42. The Morgan fingerprint density at radius 1 is 0.333 bits per heavy atom. The second-order valence-corrected chi connectivity index (χ2v) is 13.3. The third-order valence-electron chi connectivity index (χ3n) is 10.5. The largest absolute Gasteiger partial charge is 0.277 e. The first-order chi connectivity index (χ1) is 25.3. The van der Waals surface area contributed by atoms with E-state index >= 15 is 0 Å². The van der Waals surface area contributed by atoms with E-state index in [-0.39, 0.29) is 0 Å². The molecule has 0 radical (unpaired) electrons. The van der Waals surface area contributed by atoms with E-state index in [9.17, 15) is 0 Å². The van der Waals surface area contributed by atoms with Gasteiger partial charge in [-0.25, -0.2) is 9.97 Å². The monoisotopic (exact) mass is 647 g/mol. The third-order valence-corrected chi connectivity index (χ3v) is 10.5. The number of hydrogen-bond acceptors (Lipinski definition) is 2. The second-order valence-electron chi connectivity index (χ2n) is 13.3. The van der Waals surface area contributed by atoms with Crippen molar-refractivity contribution >= 4 is 75.8 Å². The molecule has 0 aliphatic heterocycles. The van der Waals surface area contributed by atoms with Crippen molar-refractivity contribution in [2.24, 2.45) is 0 Å². The highest BCUT2D eigenvalue weighted by Crippen LogP contribution is 2.48. The van der Waals surface area contributed by atoms with E-state index in [1.807, 2.05) is 0 Å². The summed E-state index contributed by atoms with van der Waals surface area (Å²) in [6.07, 6.45) is 0. The van der Waals surface area contributed by atoms with Gasteiger partial charge in [0.2, 0.25) is 5.95 Å². The summed E-state index contributed by atoms with van der Waals surface area (Å²) in [5.41, 5.74) is 7.47. The lowest BCUT2D eigenvalue weighted by molar-refractivity contribution is 1.02. The molecule has 0 unspecified atom stereocenters. The molecule has 11 rings (SSSR count). The average molecular weight is 648 g/mol. The van der Waals surface area contributed by atoms with E-state index in [0.29, 0.717) is 5.95 Å². The summed E-state index contributed by atoms with van der Waals surface area (Å²) >= 11 is 0. The van der Waals surface area contributed by atoms with Gasteiger partial charge in [0.05, 0.1) is 22.2 Å². The van der Waals surface area contributed by atoms with Gasteiger partial charge < -0.3 is 0 Å². The smallest absolute Gasteiger partial charge is 0.235 e. The van der Waals surface area contributed by atoms with Crippen molar-refractivity contribution in [2.45, 2.75) is 0 Å². The van der Waals surface area contributed by atoms with Gasteiger partial charge in [-0.15, -0.1) is 0 Å². The first kappa shape index (κ1) is 28.0. The summed E-state index contributed by atoms with van der Waals surface area (Å²) in [5, 5.41) is 13.4. The summed E-state index contributed by atoms with van der Waals surface area (Å²) in [4.78, 5) is 10.8. The molecule has 0 aliphatic rings. The van der Waals surface area contributed by atoms with Gasteiger partial charge in [0.1, 0.15) is 0 Å². The number of hydrogen-bond donors (Lipinski definition) is 0. The maximum absolute atomic E-state index is 5.45. The van der Waals surface area contributed by atoms with Crippen LogP contribution in [-0.4, -0.2) is 14.5 Å². The van der Waals surface area contributed by atoms with Crippen LogP contribution in [0, 0.1) is 0 Å². The minimum Gasteiger partial charge on any atom is -0.277 e. The molecular weight excluding hydrogens is 619 g/mol. The number of para-hydroxylation sites is 2. The first-order valence-electron chi connectivity index (χ1n) is 17.4. The van der Waals surface area contributed by atoms with Gasteiger partial charge in [-0.1, -0.05) is 158 Å². The van der Waals surface area contributed by atoms with Gasteiger partial charge in [0, 0.05) is 32.5 Å². The molecule has 3 heteroatoms. The number of rotatable bonds is 3. The van der Waals surface area contributed by atoms with E-state index in [4.69, 9.17) is 9.97 Å². The minimum atomic E-state index is 0.662. The Bertz CT molecular complexity index is 3180. The summed E-state index contributed by atoms with van der Waals surface area (Å²) in [5.74, 6) is 0.662. The molecule has 236 valence electrons. The van der Waals surface area contributed by atoms with Gasteiger partial charge in [0.15, 0.2) is 0 Å². The second kappa shape index (κ2) is 10.8. The zero-order chi connectivity index (χ0) is 33.5. The Hall–Kier alpha value is -6.84. The third kappa shape index (κ3) is 4.06. The van der Waals surface area contributed by atoms with Gasteiger partial charge >= 0.3 is 0 Å². The van der Waals surface area contributed by atoms with Gasteiger partial charge in [0.25, 0.3) is 0 Å². The van der Waals surface area contributed by atoms with Crippen LogP contribution in [0.4, 0.5) is 0 Å². The van der Waals surface area contributed by atoms with Crippen molar-refractivity contribution in [2.75, 3.05) is 0 Å². The van der Waals surface area contributed by atoms with Crippen molar-refractivity contribution in [3.63, 3.8) is 0 Å². The normalized spacial score (nSPS) is 11.9. The molecule has 0 bridgehead atoms. The van der Waals surface area contributed by atoms with Gasteiger partial charge in [-0.3, -0.25) is 4.57 Å². The molecule has 51 heavy (non-hydrogen) atoms. The molecule has 0 atom stereocenters. The van der Waals surface area contributed by atoms with E-state index < -0.39 is 0 Å². The first-order valence-corrected chi connectivity index (χ1v) is 17.4. The summed E-state index contributed by atoms with van der Waals surface area (Å²) in [7, 11) is 0. The molecule has 0 spiro atoms. The van der Waals surface area contributed by atoms with Crippen molar-refractivity contribution in [1.82, 2.24) is 14.5 Å². The van der Waals surface area contributed by atoms with Crippen LogP contribution in [0.2, 0.25) is 0 Å². The van der Waals surface area contributed by atoms with Crippen molar-refractivity contribution in [3.05, 3.63) is 176 Å². The Morgan fingerprint density at radius 2 is 0.882 bits per heavy atom. The molecule has 2 aromatic heterocycles. The minimum absolute atomic E-state index is 0.662. The van der Waals surface area contributed by atoms with Crippen LogP contribution in [0.15, 0.2) is 176 Å². The lowest BCUT2D eigenvalue weighted by Crippen LogP contribution is -2.04. The van der Waals surface area contributed by atoms with Crippen LogP contribution < -0.4 is 0 Å². The van der Waals surface area contributed by atoms with Crippen LogP contribution in [0.3, 0.4) is 0 Å². The highest BCUT2D eigenvalue weighted by Gasteiger charge is 2.24. The highest BCUT2D eigenvalue weighted by atomic mass is 15.2. The fraction of sp³-hybridized carbons (Fsp3) is 0. The van der Waals surface area contributed by atoms with E-state index in [0.717, 1.165) is 33.2 Å². The van der Waals surface area contributed by atoms with Crippen molar-refractivity contribution < 1.29 is 0 Å². The predicted octanol–water partition coefficient (Wildman–Crippen LogP) is 12.7. The number of benzene rings is 9.